The predicted octanol–water partition coefficient (Wildman–Crippen LogP) is 4.06. The van der Waals surface area contributed by atoms with Crippen LogP contribution < -0.4 is 10.1 Å². The number of nitrogens with zero attached hydrogens (tertiary/aromatic N) is 4. The molecule has 0 bridgehead atoms. The van der Waals surface area contributed by atoms with E-state index in [9.17, 15) is 27.9 Å². The molecule has 0 unspecified atom stereocenters. The van der Waals surface area contributed by atoms with Crippen LogP contribution >= 0.6 is 11.3 Å². The zero-order valence-corrected chi connectivity index (χ0v) is 31.5. The largest absolute Gasteiger partial charge is 0.497 e. The second kappa shape index (κ2) is 18.6. The number of sulfonamides is 1. The molecule has 1 aromatic heterocycles. The van der Waals surface area contributed by atoms with E-state index in [1.54, 1.807) is 24.6 Å². The molecule has 1 aliphatic heterocycles. The summed E-state index contributed by atoms with van der Waals surface area (Å²) in [6, 6.07) is 12.8. The van der Waals surface area contributed by atoms with Gasteiger partial charge in [0, 0.05) is 25.6 Å². The lowest BCUT2D eigenvalue weighted by Crippen LogP contribution is -2.56. The van der Waals surface area contributed by atoms with Gasteiger partial charge in [-0.05, 0) is 48.6 Å². The number of carbonyl (C=O) groups is 3. The number of imide groups is 1. The molecule has 0 saturated carbocycles. The highest BCUT2D eigenvalue weighted by Gasteiger charge is 2.43. The van der Waals surface area contributed by atoms with Crippen LogP contribution in [0.3, 0.4) is 0 Å². The Balaban J connectivity index is 1.58. The van der Waals surface area contributed by atoms with Gasteiger partial charge in [0.1, 0.15) is 23.3 Å². The number of benzene rings is 2. The van der Waals surface area contributed by atoms with Crippen molar-refractivity contribution in [2.24, 2.45) is 5.92 Å². The van der Waals surface area contributed by atoms with Crippen LogP contribution in [0.4, 0.5) is 4.79 Å². The molecular formula is C36H49N5O8S2. The lowest BCUT2D eigenvalue weighted by Gasteiger charge is -2.33. The van der Waals surface area contributed by atoms with Gasteiger partial charge in [0.2, 0.25) is 15.9 Å². The molecule has 2 N–H and O–H groups in total. The van der Waals surface area contributed by atoms with Gasteiger partial charge >= 0.3 is 6.03 Å². The first kappa shape index (κ1) is 39.9. The van der Waals surface area contributed by atoms with E-state index in [2.05, 4.69) is 10.3 Å². The van der Waals surface area contributed by atoms with Crippen LogP contribution in [0.15, 0.2) is 64.9 Å². The Morgan fingerprint density at radius 1 is 1.08 bits per heavy atom. The second-order valence-electron chi connectivity index (χ2n) is 13.0. The number of amides is 4. The van der Waals surface area contributed by atoms with Gasteiger partial charge in [-0.2, -0.15) is 4.31 Å². The number of hydrogen-bond donors (Lipinski definition) is 2. The molecular weight excluding hydrogens is 695 g/mol. The highest BCUT2D eigenvalue weighted by molar-refractivity contribution is 7.89. The van der Waals surface area contributed by atoms with Crippen molar-refractivity contribution in [2.75, 3.05) is 33.9 Å². The Kier molecular flexibility index (Phi) is 14.5. The number of urea groups is 1. The predicted molar refractivity (Wildman–Crippen MR) is 193 cm³/mol. The summed E-state index contributed by atoms with van der Waals surface area (Å²) in [7, 11) is -0.989. The van der Waals surface area contributed by atoms with Gasteiger partial charge in [0.25, 0.3) is 5.91 Å². The third-order valence-electron chi connectivity index (χ3n) is 8.53. The van der Waals surface area contributed by atoms with E-state index in [0.717, 1.165) is 21.9 Å². The molecule has 2 heterocycles. The van der Waals surface area contributed by atoms with E-state index in [-0.39, 0.29) is 43.4 Å². The normalized spacial score (nSPS) is 15.5. The minimum atomic E-state index is -4.04. The van der Waals surface area contributed by atoms with E-state index in [1.165, 1.54) is 39.8 Å². The van der Waals surface area contributed by atoms with Crippen molar-refractivity contribution in [3.05, 3.63) is 76.2 Å². The fraction of sp³-hybridized carbons (Fsp3) is 0.500. The van der Waals surface area contributed by atoms with Crippen molar-refractivity contribution in [3.8, 4) is 5.75 Å². The van der Waals surface area contributed by atoms with E-state index in [4.69, 9.17) is 9.47 Å². The molecule has 3 atom stereocenters. The molecule has 1 saturated heterocycles. The Morgan fingerprint density at radius 3 is 2.41 bits per heavy atom. The number of aliphatic hydroxyl groups is 1. The molecule has 4 rings (SSSR count). The minimum Gasteiger partial charge on any atom is -0.497 e. The number of unbranched alkanes of at least 4 members (excludes halogenated alkanes) is 1. The Bertz CT molecular complexity index is 1700. The van der Waals surface area contributed by atoms with Gasteiger partial charge in [-0.3, -0.25) is 14.5 Å². The summed E-state index contributed by atoms with van der Waals surface area (Å²) >= 11 is 1.37. The molecule has 51 heavy (non-hydrogen) atoms. The third-order valence-corrected chi connectivity index (χ3v) is 11.2. The smallest absolute Gasteiger partial charge is 0.328 e. The average Bonchev–Trinajstić information content (AvgIpc) is 3.67. The van der Waals surface area contributed by atoms with Crippen molar-refractivity contribution in [3.63, 3.8) is 0 Å². The van der Waals surface area contributed by atoms with E-state index in [0.29, 0.717) is 30.9 Å². The lowest BCUT2D eigenvalue weighted by atomic mass is 9.99. The topological polar surface area (TPSA) is 159 Å². The molecule has 3 aromatic rings. The lowest BCUT2D eigenvalue weighted by molar-refractivity contribution is -0.128. The molecule has 0 radical (unpaired) electrons. The number of rotatable bonds is 20. The number of aliphatic hydroxyl groups excluding tert-OH is 1. The molecule has 278 valence electrons. The first-order valence-electron chi connectivity index (χ1n) is 17.1. The van der Waals surface area contributed by atoms with Crippen molar-refractivity contribution in [2.45, 2.75) is 82.7 Å². The van der Waals surface area contributed by atoms with Crippen molar-refractivity contribution < 1.29 is 37.4 Å². The molecule has 0 spiro atoms. The van der Waals surface area contributed by atoms with Crippen molar-refractivity contribution in [1.82, 2.24) is 24.4 Å². The molecule has 1 fully saturated rings. The maximum atomic E-state index is 14.2. The summed E-state index contributed by atoms with van der Waals surface area (Å²) in [5, 5.41) is 17.2. The maximum Gasteiger partial charge on any atom is 0.328 e. The van der Waals surface area contributed by atoms with Crippen LogP contribution in [-0.2, 0) is 43.9 Å². The molecule has 13 nitrogen and oxygen atoms in total. The Morgan fingerprint density at radius 2 is 1.78 bits per heavy atom. The molecule has 15 heteroatoms. The van der Waals surface area contributed by atoms with Gasteiger partial charge in [0.15, 0.2) is 0 Å². The van der Waals surface area contributed by atoms with Crippen molar-refractivity contribution >= 4 is 39.2 Å². The van der Waals surface area contributed by atoms with Crippen LogP contribution in [0.2, 0.25) is 0 Å². The van der Waals surface area contributed by atoms with Crippen LogP contribution in [0.25, 0.3) is 0 Å². The number of methoxy groups -OCH3 is 2. The zero-order valence-electron chi connectivity index (χ0n) is 29.9. The summed E-state index contributed by atoms with van der Waals surface area (Å²) in [6.45, 7) is 5.58. The van der Waals surface area contributed by atoms with Gasteiger partial charge in [-0.15, -0.1) is 11.3 Å². The fourth-order valence-electron chi connectivity index (χ4n) is 5.90. The van der Waals surface area contributed by atoms with Gasteiger partial charge in [-0.25, -0.2) is 18.2 Å². The molecule has 4 amide bonds. The highest BCUT2D eigenvalue weighted by atomic mass is 32.2. The third kappa shape index (κ3) is 10.6. The number of carbonyl (C=O) groups excluding carboxylic acids is 3. The molecule has 2 aromatic carbocycles. The van der Waals surface area contributed by atoms with Crippen molar-refractivity contribution in [1.29, 1.82) is 0 Å². The summed E-state index contributed by atoms with van der Waals surface area (Å²) in [4.78, 5) is 47.8. The number of nitrogens with one attached hydrogen (secondary N) is 1. The molecule has 0 aliphatic carbocycles. The van der Waals surface area contributed by atoms with Gasteiger partial charge < -0.3 is 24.8 Å². The number of aromatic nitrogens is 1. The second-order valence-corrected chi connectivity index (χ2v) is 15.9. The van der Waals surface area contributed by atoms with Gasteiger partial charge in [0.05, 0.1) is 43.0 Å². The Labute approximate surface area is 304 Å². The zero-order chi connectivity index (χ0) is 37.1. The number of hydrogen-bond acceptors (Lipinski definition) is 10. The summed E-state index contributed by atoms with van der Waals surface area (Å²) in [5.74, 6) is -0.531. The van der Waals surface area contributed by atoms with E-state index >= 15 is 0 Å². The van der Waals surface area contributed by atoms with E-state index < -0.39 is 46.1 Å². The quantitative estimate of drug-likeness (QED) is 0.163. The maximum absolute atomic E-state index is 14.2. The average molecular weight is 744 g/mol. The fourth-order valence-corrected chi connectivity index (χ4v) is 8.28. The summed E-state index contributed by atoms with van der Waals surface area (Å²) < 4.78 is 39.3. The summed E-state index contributed by atoms with van der Waals surface area (Å²) in [6.07, 6.45) is 0.513. The number of thiazole rings is 1. The first-order valence-corrected chi connectivity index (χ1v) is 19.4. The minimum absolute atomic E-state index is 0.0276. The van der Waals surface area contributed by atoms with Crippen LogP contribution in [0.1, 0.15) is 56.3 Å². The van der Waals surface area contributed by atoms with Crippen LogP contribution in [-0.4, -0.2) is 103 Å². The highest BCUT2D eigenvalue weighted by Crippen LogP contribution is 2.24. The molecule has 1 aliphatic rings. The SMILES string of the molecule is CCCC[C@H](C(=O)N[C@@H](Cc1ccccc1)[C@H](O)CN(CC(C)C)S(=O)(=O)c1ccc(OC)cc1)N1CC(=O)N(Cc2csc(COC)n2)C1=O. The Hall–Kier alpha value is -3.89. The number of ether oxygens (including phenoxy) is 2. The van der Waals surface area contributed by atoms with Gasteiger partial charge in [-0.1, -0.05) is 63.9 Å². The monoisotopic (exact) mass is 743 g/mol. The van der Waals surface area contributed by atoms with Crippen LogP contribution in [0, 0.1) is 5.92 Å². The summed E-state index contributed by atoms with van der Waals surface area (Å²) in [5.41, 5.74) is 1.36. The van der Waals surface area contributed by atoms with Crippen LogP contribution in [0.5, 0.6) is 5.75 Å². The van der Waals surface area contributed by atoms with E-state index in [1.807, 2.05) is 51.1 Å². The standard InChI is InChI=1S/C36H49N5O8S2/c1-6-7-13-31(40-22-34(43)41(36(40)45)20-27-24-50-33(37-27)23-48-4)35(44)38-30(18-26-11-9-8-10-12-26)32(42)21-39(19-25(2)3)51(46,47)29-16-14-28(49-5)15-17-29/h8-12,14-17,24-25,30-32,42H,6-7,13,18-23H2,1-5H3,(H,38,44)/t30-,31+,32+/m0/s1. The first-order chi connectivity index (χ1) is 24.4.